The molecule has 2 aliphatic heterocycles. The van der Waals surface area contributed by atoms with Crippen LogP contribution in [-0.4, -0.2) is 43.2 Å². The van der Waals surface area contributed by atoms with Crippen molar-refractivity contribution in [1.82, 2.24) is 4.90 Å². The van der Waals surface area contributed by atoms with Crippen LogP contribution in [0.3, 0.4) is 0 Å². The molecule has 1 aromatic rings. The first-order valence-electron chi connectivity index (χ1n) is 7.49. The highest BCUT2D eigenvalue weighted by molar-refractivity contribution is 5.87. The van der Waals surface area contributed by atoms with E-state index in [1.54, 1.807) is 0 Å². The summed E-state index contributed by atoms with van der Waals surface area (Å²) < 4.78 is 5.40. The number of hydrogen-bond acceptors (Lipinski definition) is 3. The Morgan fingerprint density at radius 1 is 1.45 bits per heavy atom. The number of hydrogen-bond donors (Lipinski definition) is 1. The lowest BCUT2D eigenvalue weighted by atomic mass is 10.1. The van der Waals surface area contributed by atoms with E-state index in [-0.39, 0.29) is 11.9 Å². The van der Waals surface area contributed by atoms with E-state index in [1.807, 2.05) is 23.1 Å². The molecule has 20 heavy (non-hydrogen) atoms. The number of anilines is 1. The monoisotopic (exact) mass is 274 g/mol. The van der Waals surface area contributed by atoms with Crippen molar-refractivity contribution in [2.24, 2.45) is 5.92 Å². The van der Waals surface area contributed by atoms with Crippen molar-refractivity contribution in [3.63, 3.8) is 0 Å². The van der Waals surface area contributed by atoms with Crippen molar-refractivity contribution in [2.45, 2.75) is 25.8 Å². The molecule has 0 saturated carbocycles. The van der Waals surface area contributed by atoms with Gasteiger partial charge in [0.25, 0.3) is 0 Å². The Labute approximate surface area is 120 Å². The van der Waals surface area contributed by atoms with Gasteiger partial charge in [-0.15, -0.1) is 0 Å². The Balaban J connectivity index is 1.63. The summed E-state index contributed by atoms with van der Waals surface area (Å²) >= 11 is 0. The van der Waals surface area contributed by atoms with E-state index in [0.29, 0.717) is 5.92 Å². The van der Waals surface area contributed by atoms with Crippen molar-refractivity contribution in [2.75, 3.05) is 31.6 Å². The van der Waals surface area contributed by atoms with Crippen LogP contribution in [0.1, 0.15) is 18.9 Å². The van der Waals surface area contributed by atoms with E-state index in [9.17, 15) is 4.79 Å². The van der Waals surface area contributed by atoms with Crippen LogP contribution >= 0.6 is 0 Å². The van der Waals surface area contributed by atoms with Gasteiger partial charge in [0.05, 0.1) is 6.61 Å². The maximum absolute atomic E-state index is 12.7. The third kappa shape index (κ3) is 2.66. The molecule has 0 aliphatic carbocycles. The second-order valence-corrected chi connectivity index (χ2v) is 5.66. The fourth-order valence-electron chi connectivity index (χ4n) is 3.08. The number of amides is 1. The van der Waals surface area contributed by atoms with Gasteiger partial charge in [-0.1, -0.05) is 18.2 Å². The van der Waals surface area contributed by atoms with Gasteiger partial charge in [-0.25, -0.2) is 0 Å². The number of ether oxygens (including phenoxy) is 1. The van der Waals surface area contributed by atoms with Gasteiger partial charge < -0.3 is 15.0 Å². The fraction of sp³-hybridized carbons (Fsp3) is 0.562. The Morgan fingerprint density at radius 2 is 2.30 bits per heavy atom. The molecule has 2 heterocycles. The first-order chi connectivity index (χ1) is 9.78. The van der Waals surface area contributed by atoms with Crippen LogP contribution in [0.15, 0.2) is 24.3 Å². The highest BCUT2D eigenvalue weighted by Gasteiger charge is 2.31. The van der Waals surface area contributed by atoms with E-state index >= 15 is 0 Å². The number of nitrogens with zero attached hydrogens (tertiary/aromatic N) is 1. The fourth-order valence-corrected chi connectivity index (χ4v) is 3.08. The molecule has 0 aromatic heterocycles. The van der Waals surface area contributed by atoms with Crippen LogP contribution in [-0.2, 0) is 16.0 Å². The molecule has 1 aromatic carbocycles. The molecule has 2 aliphatic rings. The number of likely N-dealkylation sites (N-methyl/N-ethyl adjacent to an activating group) is 1. The van der Waals surface area contributed by atoms with E-state index in [2.05, 4.69) is 18.3 Å². The second-order valence-electron chi connectivity index (χ2n) is 5.66. The molecule has 0 bridgehead atoms. The smallest absolute Gasteiger partial charge is 0.245 e. The summed E-state index contributed by atoms with van der Waals surface area (Å²) in [6, 6.07) is 8.07. The van der Waals surface area contributed by atoms with Crippen LogP contribution in [0.5, 0.6) is 0 Å². The number of carbonyl (C=O) groups is 1. The molecule has 1 saturated heterocycles. The highest BCUT2D eigenvalue weighted by atomic mass is 16.5. The molecule has 108 valence electrons. The first-order valence-corrected chi connectivity index (χ1v) is 7.49. The molecule has 1 unspecified atom stereocenters. The summed E-state index contributed by atoms with van der Waals surface area (Å²) in [4.78, 5) is 14.6. The van der Waals surface area contributed by atoms with Gasteiger partial charge in [0.15, 0.2) is 0 Å². The molecule has 2 atom stereocenters. The topological polar surface area (TPSA) is 41.6 Å². The molecule has 0 radical (unpaired) electrons. The average Bonchev–Trinajstić information content (AvgIpc) is 3.12. The molecular formula is C16H22N2O2. The lowest BCUT2D eigenvalue weighted by Crippen LogP contribution is -2.44. The summed E-state index contributed by atoms with van der Waals surface area (Å²) in [5.41, 5.74) is 2.34. The molecule has 1 amide bonds. The summed E-state index contributed by atoms with van der Waals surface area (Å²) in [5.74, 6) is 0.721. The Bertz CT molecular complexity index is 458. The van der Waals surface area contributed by atoms with Crippen LogP contribution in [0.2, 0.25) is 0 Å². The SMILES string of the molecule is CCN(CC1CCOC1)C(=O)[C@@H]1Cc2ccccc2N1. The zero-order chi connectivity index (χ0) is 13.9. The van der Waals surface area contributed by atoms with Crippen molar-refractivity contribution in [1.29, 1.82) is 0 Å². The Kier molecular flexibility index (Phi) is 3.92. The predicted octanol–water partition coefficient (Wildman–Crippen LogP) is 1.91. The zero-order valence-electron chi connectivity index (χ0n) is 12.0. The van der Waals surface area contributed by atoms with Crippen LogP contribution in [0, 0.1) is 5.92 Å². The summed E-state index contributed by atoms with van der Waals surface area (Å²) in [5, 5.41) is 3.35. The number of para-hydroxylation sites is 1. The molecule has 4 heteroatoms. The van der Waals surface area contributed by atoms with E-state index in [4.69, 9.17) is 4.74 Å². The minimum absolute atomic E-state index is 0.102. The number of nitrogens with one attached hydrogen (secondary N) is 1. The first kappa shape index (κ1) is 13.4. The van der Waals surface area contributed by atoms with Crippen LogP contribution < -0.4 is 5.32 Å². The average molecular weight is 274 g/mol. The van der Waals surface area contributed by atoms with Gasteiger partial charge in [-0.05, 0) is 25.0 Å². The third-order valence-corrected chi connectivity index (χ3v) is 4.27. The predicted molar refractivity (Wildman–Crippen MR) is 78.7 cm³/mol. The summed E-state index contributed by atoms with van der Waals surface area (Å²) in [6.45, 7) is 5.27. The van der Waals surface area contributed by atoms with Gasteiger partial charge >= 0.3 is 0 Å². The van der Waals surface area contributed by atoms with Crippen molar-refractivity contribution < 1.29 is 9.53 Å². The highest BCUT2D eigenvalue weighted by Crippen LogP contribution is 2.26. The number of benzene rings is 1. The Morgan fingerprint density at radius 3 is 3.00 bits per heavy atom. The lowest BCUT2D eigenvalue weighted by molar-refractivity contribution is -0.132. The normalized spacial score (nSPS) is 24.2. The Hall–Kier alpha value is -1.55. The van der Waals surface area contributed by atoms with E-state index < -0.39 is 0 Å². The maximum Gasteiger partial charge on any atom is 0.245 e. The molecule has 0 spiro atoms. The largest absolute Gasteiger partial charge is 0.381 e. The molecule has 1 N–H and O–H groups in total. The number of carbonyl (C=O) groups excluding carboxylic acids is 1. The second kappa shape index (κ2) is 5.83. The quantitative estimate of drug-likeness (QED) is 0.912. The van der Waals surface area contributed by atoms with Crippen molar-refractivity contribution in [3.8, 4) is 0 Å². The molecule has 4 nitrogen and oxygen atoms in total. The van der Waals surface area contributed by atoms with Gasteiger partial charge in [-0.3, -0.25) is 4.79 Å². The van der Waals surface area contributed by atoms with Crippen molar-refractivity contribution >= 4 is 11.6 Å². The van der Waals surface area contributed by atoms with Crippen LogP contribution in [0.4, 0.5) is 5.69 Å². The third-order valence-electron chi connectivity index (χ3n) is 4.27. The molecular weight excluding hydrogens is 252 g/mol. The van der Waals surface area contributed by atoms with Crippen molar-refractivity contribution in [3.05, 3.63) is 29.8 Å². The van der Waals surface area contributed by atoms with Crippen LogP contribution in [0.25, 0.3) is 0 Å². The molecule has 1 fully saturated rings. The zero-order valence-corrected chi connectivity index (χ0v) is 12.0. The van der Waals surface area contributed by atoms with Gasteiger partial charge in [0, 0.05) is 37.7 Å². The number of fused-ring (bicyclic) bond motifs is 1. The minimum Gasteiger partial charge on any atom is -0.381 e. The maximum atomic E-state index is 12.7. The molecule has 3 rings (SSSR count). The summed E-state index contributed by atoms with van der Waals surface area (Å²) in [7, 11) is 0. The summed E-state index contributed by atoms with van der Waals surface area (Å²) in [6.07, 6.45) is 1.87. The van der Waals surface area contributed by atoms with Gasteiger partial charge in [0.2, 0.25) is 5.91 Å². The number of rotatable bonds is 4. The standard InChI is InChI=1S/C16H22N2O2/c1-2-18(10-12-7-8-20-11-12)16(19)15-9-13-5-3-4-6-14(13)17-15/h3-6,12,15,17H,2,7-11H2,1H3/t12?,15-/m0/s1. The van der Waals surface area contributed by atoms with E-state index in [1.165, 1.54) is 5.56 Å². The van der Waals surface area contributed by atoms with Gasteiger partial charge in [-0.2, -0.15) is 0 Å². The van der Waals surface area contributed by atoms with E-state index in [0.717, 1.165) is 44.8 Å². The minimum atomic E-state index is -0.102. The van der Waals surface area contributed by atoms with Gasteiger partial charge in [0.1, 0.15) is 6.04 Å². The lowest BCUT2D eigenvalue weighted by Gasteiger charge is -2.26.